The summed E-state index contributed by atoms with van der Waals surface area (Å²) in [6.45, 7) is 0.309. The normalized spacial score (nSPS) is 19.6. The van der Waals surface area contributed by atoms with Gasteiger partial charge in [-0.05, 0) is 12.8 Å². The molecule has 1 aliphatic rings. The minimum absolute atomic E-state index is 0.253. The van der Waals surface area contributed by atoms with Crippen LogP contribution in [0.4, 0.5) is 0 Å². The second kappa shape index (κ2) is 5.55. The molecule has 1 heterocycles. The molecule has 0 atom stereocenters. The summed E-state index contributed by atoms with van der Waals surface area (Å²) in [5.41, 5.74) is -0.414. The zero-order valence-electron chi connectivity index (χ0n) is 9.69. The Bertz CT molecular complexity index is 359. The molecule has 0 aliphatic heterocycles. The molecule has 1 amide bonds. The van der Waals surface area contributed by atoms with Crippen molar-refractivity contribution in [1.82, 2.24) is 14.1 Å². The van der Waals surface area contributed by atoms with Crippen LogP contribution in [0.25, 0.3) is 0 Å². The largest absolute Gasteiger partial charge is 0.388 e. The number of aliphatic hydroxyl groups is 1. The molecule has 94 valence electrons. The monoisotopic (exact) mass is 255 g/mol. The highest BCUT2D eigenvalue weighted by molar-refractivity contribution is 6.99. The van der Waals surface area contributed by atoms with Crippen molar-refractivity contribution >= 4 is 17.6 Å². The molecule has 1 aromatic rings. The second-order valence-electron chi connectivity index (χ2n) is 4.61. The van der Waals surface area contributed by atoms with Gasteiger partial charge in [0.15, 0.2) is 5.69 Å². The van der Waals surface area contributed by atoms with Gasteiger partial charge in [-0.2, -0.15) is 8.75 Å². The predicted molar refractivity (Wildman–Crippen MR) is 64.9 cm³/mol. The maximum Gasteiger partial charge on any atom is 0.272 e. The Kier molecular flexibility index (Phi) is 4.06. The van der Waals surface area contributed by atoms with E-state index in [0.717, 1.165) is 37.4 Å². The lowest BCUT2D eigenvalue weighted by Crippen LogP contribution is -2.42. The first kappa shape index (κ1) is 12.4. The Morgan fingerprint density at radius 3 is 2.71 bits per heavy atom. The fraction of sp³-hybridized carbons (Fsp3) is 0.727. The molecule has 1 aromatic heterocycles. The second-order valence-corrected chi connectivity index (χ2v) is 5.17. The molecule has 0 unspecified atom stereocenters. The number of hydrogen-bond donors (Lipinski definition) is 2. The van der Waals surface area contributed by atoms with Crippen molar-refractivity contribution in [3.63, 3.8) is 0 Å². The van der Waals surface area contributed by atoms with Crippen molar-refractivity contribution in [2.75, 3.05) is 6.54 Å². The van der Waals surface area contributed by atoms with Crippen LogP contribution in [0.5, 0.6) is 0 Å². The Morgan fingerprint density at radius 2 is 2.12 bits per heavy atom. The van der Waals surface area contributed by atoms with Crippen molar-refractivity contribution in [2.24, 2.45) is 0 Å². The number of nitrogens with one attached hydrogen (secondary N) is 1. The summed E-state index contributed by atoms with van der Waals surface area (Å²) in [6.07, 6.45) is 7.39. The predicted octanol–water partition coefficient (Wildman–Crippen LogP) is 1.35. The number of amides is 1. The molecule has 0 saturated heterocycles. The Morgan fingerprint density at radius 1 is 1.41 bits per heavy atom. The van der Waals surface area contributed by atoms with E-state index in [1.54, 1.807) is 0 Å². The molecule has 6 heteroatoms. The number of rotatable bonds is 3. The van der Waals surface area contributed by atoms with Gasteiger partial charge in [0.05, 0.1) is 23.5 Å². The third kappa shape index (κ3) is 3.47. The van der Waals surface area contributed by atoms with Crippen LogP contribution in [0.15, 0.2) is 6.20 Å². The summed E-state index contributed by atoms with van der Waals surface area (Å²) in [4.78, 5) is 11.7. The average molecular weight is 255 g/mol. The highest BCUT2D eigenvalue weighted by atomic mass is 32.1. The highest BCUT2D eigenvalue weighted by Gasteiger charge is 2.28. The number of carbonyl (C=O) groups is 1. The third-order valence-corrected chi connectivity index (χ3v) is 3.68. The summed E-state index contributed by atoms with van der Waals surface area (Å²) in [7, 11) is 0. The molecule has 1 saturated carbocycles. The van der Waals surface area contributed by atoms with Crippen LogP contribution in [0.2, 0.25) is 0 Å². The van der Waals surface area contributed by atoms with E-state index in [0.29, 0.717) is 12.2 Å². The molecule has 0 radical (unpaired) electrons. The smallest absolute Gasteiger partial charge is 0.272 e. The summed E-state index contributed by atoms with van der Waals surface area (Å²) >= 11 is 1.01. The molecule has 0 aromatic carbocycles. The minimum Gasteiger partial charge on any atom is -0.388 e. The summed E-state index contributed by atoms with van der Waals surface area (Å²) < 4.78 is 7.64. The average Bonchev–Trinajstić information content (AvgIpc) is 2.77. The van der Waals surface area contributed by atoms with Crippen LogP contribution in [-0.4, -0.2) is 31.9 Å². The van der Waals surface area contributed by atoms with Crippen LogP contribution in [-0.2, 0) is 0 Å². The molecule has 1 aliphatic carbocycles. The van der Waals surface area contributed by atoms with E-state index in [9.17, 15) is 9.90 Å². The van der Waals surface area contributed by atoms with Crippen LogP contribution in [0, 0.1) is 0 Å². The van der Waals surface area contributed by atoms with Crippen molar-refractivity contribution < 1.29 is 9.90 Å². The van der Waals surface area contributed by atoms with Gasteiger partial charge in [-0.1, -0.05) is 25.7 Å². The lowest BCUT2D eigenvalue weighted by molar-refractivity contribution is 0.0246. The van der Waals surface area contributed by atoms with E-state index < -0.39 is 5.60 Å². The maximum atomic E-state index is 11.7. The third-order valence-electron chi connectivity index (χ3n) is 3.21. The molecule has 0 bridgehead atoms. The molecule has 2 rings (SSSR count). The number of hydrogen-bond acceptors (Lipinski definition) is 5. The van der Waals surface area contributed by atoms with Crippen molar-refractivity contribution in [3.8, 4) is 0 Å². The summed E-state index contributed by atoms with van der Waals surface area (Å²) in [6, 6.07) is 0. The van der Waals surface area contributed by atoms with Crippen molar-refractivity contribution in [3.05, 3.63) is 11.9 Å². The lowest BCUT2D eigenvalue weighted by atomic mass is 9.94. The van der Waals surface area contributed by atoms with Crippen LogP contribution >= 0.6 is 11.7 Å². The van der Waals surface area contributed by atoms with E-state index in [1.807, 2.05) is 0 Å². The number of aromatic nitrogens is 2. The van der Waals surface area contributed by atoms with Gasteiger partial charge >= 0.3 is 0 Å². The molecular formula is C11H17N3O2S. The quantitative estimate of drug-likeness (QED) is 0.800. The summed E-state index contributed by atoms with van der Waals surface area (Å²) in [5.74, 6) is -0.253. The molecule has 0 spiro atoms. The SMILES string of the molecule is O=C(NCC1(O)CCCCCC1)c1cnsn1. The first-order chi connectivity index (χ1) is 8.20. The Hall–Kier alpha value is -1.01. The Labute approximate surface area is 105 Å². The van der Waals surface area contributed by atoms with Gasteiger partial charge in [0.25, 0.3) is 5.91 Å². The van der Waals surface area contributed by atoms with E-state index in [1.165, 1.54) is 19.0 Å². The number of nitrogens with zero attached hydrogens (tertiary/aromatic N) is 2. The Balaban J connectivity index is 1.86. The van der Waals surface area contributed by atoms with Crippen LogP contribution < -0.4 is 5.32 Å². The first-order valence-corrected chi connectivity index (χ1v) is 6.71. The molecule has 17 heavy (non-hydrogen) atoms. The van der Waals surface area contributed by atoms with Crippen LogP contribution in [0.3, 0.4) is 0 Å². The van der Waals surface area contributed by atoms with Gasteiger partial charge in [-0.15, -0.1) is 0 Å². The van der Waals surface area contributed by atoms with Gasteiger partial charge in [0.1, 0.15) is 0 Å². The first-order valence-electron chi connectivity index (χ1n) is 5.98. The highest BCUT2D eigenvalue weighted by Crippen LogP contribution is 2.26. The van der Waals surface area contributed by atoms with Gasteiger partial charge in [-0.25, -0.2) is 0 Å². The zero-order valence-corrected chi connectivity index (χ0v) is 10.5. The lowest BCUT2D eigenvalue weighted by Gasteiger charge is -2.26. The van der Waals surface area contributed by atoms with Crippen molar-refractivity contribution in [2.45, 2.75) is 44.1 Å². The molecule has 5 nitrogen and oxygen atoms in total. The minimum atomic E-state index is -0.740. The van der Waals surface area contributed by atoms with E-state index >= 15 is 0 Å². The standard InChI is InChI=1S/C11H17N3O2S/c15-10(9-7-13-17-14-9)12-8-11(16)5-3-1-2-4-6-11/h7,16H,1-6,8H2,(H,12,15). The van der Waals surface area contributed by atoms with Gasteiger partial charge in [-0.3, -0.25) is 4.79 Å². The van der Waals surface area contributed by atoms with Gasteiger partial charge in [0, 0.05) is 6.54 Å². The van der Waals surface area contributed by atoms with Crippen molar-refractivity contribution in [1.29, 1.82) is 0 Å². The van der Waals surface area contributed by atoms with Gasteiger partial charge < -0.3 is 10.4 Å². The van der Waals surface area contributed by atoms with E-state index in [4.69, 9.17) is 0 Å². The van der Waals surface area contributed by atoms with E-state index in [2.05, 4.69) is 14.1 Å². The van der Waals surface area contributed by atoms with E-state index in [-0.39, 0.29) is 5.91 Å². The van der Waals surface area contributed by atoms with Crippen LogP contribution in [0.1, 0.15) is 49.0 Å². The number of carbonyl (C=O) groups excluding carboxylic acids is 1. The fourth-order valence-corrected chi connectivity index (χ4v) is 2.58. The maximum absolute atomic E-state index is 11.7. The molecule has 2 N–H and O–H groups in total. The zero-order chi connectivity index (χ0) is 12.1. The topological polar surface area (TPSA) is 75.1 Å². The fourth-order valence-electron chi connectivity index (χ4n) is 2.16. The molecular weight excluding hydrogens is 238 g/mol. The summed E-state index contributed by atoms with van der Waals surface area (Å²) in [5, 5.41) is 13.1. The molecule has 1 fully saturated rings. The van der Waals surface area contributed by atoms with Gasteiger partial charge in [0.2, 0.25) is 0 Å².